The zero-order chi connectivity index (χ0) is 14.3. The van der Waals surface area contributed by atoms with Crippen molar-refractivity contribution in [2.45, 2.75) is 45.7 Å². The number of fused-ring (bicyclic) bond motifs is 1. The topological polar surface area (TPSA) is 23.6 Å². The molecule has 1 aromatic carbocycles. The van der Waals surface area contributed by atoms with Crippen molar-refractivity contribution in [3.63, 3.8) is 0 Å². The number of urea groups is 1. The van der Waals surface area contributed by atoms with Crippen LogP contribution < -0.4 is 4.90 Å². The van der Waals surface area contributed by atoms with E-state index in [9.17, 15) is 4.79 Å². The first-order valence-electron chi connectivity index (χ1n) is 7.74. The number of anilines is 1. The van der Waals surface area contributed by atoms with Crippen LogP contribution >= 0.6 is 0 Å². The van der Waals surface area contributed by atoms with E-state index in [2.05, 4.69) is 37.8 Å². The lowest BCUT2D eigenvalue weighted by molar-refractivity contribution is 0.181. The molecular formula is C17H24N2O. The van der Waals surface area contributed by atoms with Crippen LogP contribution in [0.1, 0.15) is 33.6 Å². The molecule has 1 aliphatic heterocycles. The van der Waals surface area contributed by atoms with Crippen LogP contribution in [0.5, 0.6) is 0 Å². The molecule has 0 radical (unpaired) electrons. The minimum absolute atomic E-state index is 0.200. The molecule has 20 heavy (non-hydrogen) atoms. The standard InChI is InChI=1S/C17H24N2O/c1-12(2)11-18-16-13(3)9-10-15(16)19(17(18)20)14-7-5-4-6-8-14/h4-8,12-13,15-16H,9-11H2,1-3H3/t13-,15-,16+/m1/s1. The first kappa shape index (κ1) is 13.5. The van der Waals surface area contributed by atoms with Gasteiger partial charge in [0.15, 0.2) is 0 Å². The van der Waals surface area contributed by atoms with Gasteiger partial charge in [0.05, 0.1) is 12.1 Å². The minimum Gasteiger partial charge on any atom is -0.319 e. The average molecular weight is 272 g/mol. The summed E-state index contributed by atoms with van der Waals surface area (Å²) in [4.78, 5) is 17.0. The van der Waals surface area contributed by atoms with Crippen LogP contribution in [-0.2, 0) is 0 Å². The molecule has 108 valence electrons. The van der Waals surface area contributed by atoms with Crippen molar-refractivity contribution in [2.24, 2.45) is 11.8 Å². The Balaban J connectivity index is 1.94. The summed E-state index contributed by atoms with van der Waals surface area (Å²) in [6.07, 6.45) is 2.35. The predicted molar refractivity (Wildman–Crippen MR) is 81.8 cm³/mol. The predicted octanol–water partition coefficient (Wildman–Crippen LogP) is 3.75. The van der Waals surface area contributed by atoms with Gasteiger partial charge >= 0.3 is 6.03 Å². The average Bonchev–Trinajstić information content (AvgIpc) is 2.91. The quantitative estimate of drug-likeness (QED) is 0.822. The third-order valence-electron chi connectivity index (χ3n) is 4.63. The summed E-state index contributed by atoms with van der Waals surface area (Å²) in [7, 11) is 0. The van der Waals surface area contributed by atoms with Crippen molar-refractivity contribution >= 4 is 11.7 Å². The van der Waals surface area contributed by atoms with E-state index in [0.29, 0.717) is 23.9 Å². The molecule has 0 spiro atoms. The molecule has 2 fully saturated rings. The van der Waals surface area contributed by atoms with Crippen molar-refractivity contribution < 1.29 is 4.79 Å². The normalized spacial score (nSPS) is 29.4. The van der Waals surface area contributed by atoms with Gasteiger partial charge in [-0.15, -0.1) is 0 Å². The van der Waals surface area contributed by atoms with Crippen LogP contribution in [0.4, 0.5) is 10.5 Å². The number of hydrogen-bond acceptors (Lipinski definition) is 1. The summed E-state index contributed by atoms with van der Waals surface area (Å²) in [6, 6.07) is 11.1. The highest BCUT2D eigenvalue weighted by Gasteiger charge is 2.51. The molecule has 0 unspecified atom stereocenters. The van der Waals surface area contributed by atoms with Crippen molar-refractivity contribution in [3.05, 3.63) is 30.3 Å². The maximum Gasteiger partial charge on any atom is 0.325 e. The van der Waals surface area contributed by atoms with Gasteiger partial charge in [-0.2, -0.15) is 0 Å². The first-order valence-corrected chi connectivity index (χ1v) is 7.74. The Labute approximate surface area is 121 Å². The zero-order valence-corrected chi connectivity index (χ0v) is 12.6. The van der Waals surface area contributed by atoms with Crippen molar-refractivity contribution in [3.8, 4) is 0 Å². The molecule has 0 N–H and O–H groups in total. The molecule has 1 heterocycles. The summed E-state index contributed by atoms with van der Waals surface area (Å²) in [6.45, 7) is 7.54. The van der Waals surface area contributed by atoms with E-state index in [1.54, 1.807) is 0 Å². The van der Waals surface area contributed by atoms with E-state index in [4.69, 9.17) is 0 Å². The maximum absolute atomic E-state index is 12.9. The second-order valence-corrected chi connectivity index (χ2v) is 6.65. The molecule has 3 nitrogen and oxygen atoms in total. The third kappa shape index (κ3) is 2.09. The van der Waals surface area contributed by atoms with Crippen molar-refractivity contribution in [2.75, 3.05) is 11.4 Å². The lowest BCUT2D eigenvalue weighted by Gasteiger charge is -2.27. The Morgan fingerprint density at radius 2 is 1.90 bits per heavy atom. The Kier molecular flexibility index (Phi) is 3.45. The van der Waals surface area contributed by atoms with Gasteiger partial charge in [0.25, 0.3) is 0 Å². The van der Waals surface area contributed by atoms with Crippen LogP contribution in [-0.4, -0.2) is 29.6 Å². The second-order valence-electron chi connectivity index (χ2n) is 6.65. The molecule has 3 heteroatoms. The molecule has 0 aromatic heterocycles. The fourth-order valence-electron chi connectivity index (χ4n) is 3.84. The molecule has 2 amide bonds. The summed E-state index contributed by atoms with van der Waals surface area (Å²) in [5, 5.41) is 0. The van der Waals surface area contributed by atoms with E-state index < -0.39 is 0 Å². The lowest BCUT2D eigenvalue weighted by atomic mass is 10.0. The van der Waals surface area contributed by atoms with Crippen LogP contribution in [0.15, 0.2) is 30.3 Å². The van der Waals surface area contributed by atoms with E-state index in [-0.39, 0.29) is 6.03 Å². The number of rotatable bonds is 3. The van der Waals surface area contributed by atoms with Crippen LogP contribution in [0.3, 0.4) is 0 Å². The van der Waals surface area contributed by atoms with Gasteiger partial charge in [0, 0.05) is 12.2 Å². The lowest BCUT2D eigenvalue weighted by Crippen LogP contribution is -2.40. The molecule has 1 aliphatic carbocycles. The summed E-state index contributed by atoms with van der Waals surface area (Å²) < 4.78 is 0. The number of carbonyl (C=O) groups is 1. The van der Waals surface area contributed by atoms with E-state index >= 15 is 0 Å². The molecule has 2 aliphatic rings. The summed E-state index contributed by atoms with van der Waals surface area (Å²) >= 11 is 0. The van der Waals surface area contributed by atoms with Crippen LogP contribution in [0.2, 0.25) is 0 Å². The SMILES string of the molecule is CC(C)CN1C(=O)N(c2ccccc2)[C@@H]2CC[C@@H](C)[C@@H]21. The molecule has 3 atom stereocenters. The van der Waals surface area contributed by atoms with Crippen molar-refractivity contribution in [1.82, 2.24) is 4.90 Å². The smallest absolute Gasteiger partial charge is 0.319 e. The molecule has 1 saturated carbocycles. The van der Waals surface area contributed by atoms with Crippen LogP contribution in [0.25, 0.3) is 0 Å². The fraction of sp³-hybridized carbons (Fsp3) is 0.588. The molecule has 1 saturated heterocycles. The number of nitrogens with zero attached hydrogens (tertiary/aromatic N) is 2. The first-order chi connectivity index (χ1) is 9.59. The summed E-state index contributed by atoms with van der Waals surface area (Å²) in [5.41, 5.74) is 1.05. The highest BCUT2D eigenvalue weighted by Crippen LogP contribution is 2.41. The van der Waals surface area contributed by atoms with Gasteiger partial charge < -0.3 is 4.90 Å². The number of benzene rings is 1. The number of para-hydroxylation sites is 1. The Morgan fingerprint density at radius 1 is 1.20 bits per heavy atom. The second kappa shape index (κ2) is 5.12. The Bertz CT molecular complexity index is 485. The van der Waals surface area contributed by atoms with Gasteiger partial charge in [0.2, 0.25) is 0 Å². The zero-order valence-electron chi connectivity index (χ0n) is 12.6. The van der Waals surface area contributed by atoms with Gasteiger partial charge in [-0.05, 0) is 36.8 Å². The largest absolute Gasteiger partial charge is 0.325 e. The Morgan fingerprint density at radius 3 is 2.55 bits per heavy atom. The molecule has 3 rings (SSSR count). The third-order valence-corrected chi connectivity index (χ3v) is 4.63. The van der Waals surface area contributed by atoms with E-state index in [1.807, 2.05) is 23.1 Å². The van der Waals surface area contributed by atoms with Gasteiger partial charge in [-0.25, -0.2) is 4.79 Å². The number of carbonyl (C=O) groups excluding carboxylic acids is 1. The van der Waals surface area contributed by atoms with E-state index in [0.717, 1.165) is 18.7 Å². The van der Waals surface area contributed by atoms with E-state index in [1.165, 1.54) is 6.42 Å². The minimum atomic E-state index is 0.200. The van der Waals surface area contributed by atoms with Gasteiger partial charge in [-0.3, -0.25) is 4.90 Å². The molecule has 1 aromatic rings. The number of hydrogen-bond donors (Lipinski definition) is 0. The highest BCUT2D eigenvalue weighted by atomic mass is 16.2. The molecular weight excluding hydrogens is 248 g/mol. The highest BCUT2D eigenvalue weighted by molar-refractivity contribution is 5.95. The monoisotopic (exact) mass is 272 g/mol. The fourth-order valence-corrected chi connectivity index (χ4v) is 3.84. The number of amides is 2. The van der Waals surface area contributed by atoms with Gasteiger partial charge in [0.1, 0.15) is 0 Å². The summed E-state index contributed by atoms with van der Waals surface area (Å²) in [5.74, 6) is 1.12. The van der Waals surface area contributed by atoms with Gasteiger partial charge in [-0.1, -0.05) is 39.0 Å². The maximum atomic E-state index is 12.9. The van der Waals surface area contributed by atoms with Crippen molar-refractivity contribution in [1.29, 1.82) is 0 Å². The molecule has 0 bridgehead atoms. The Hall–Kier alpha value is -1.51. The van der Waals surface area contributed by atoms with Crippen LogP contribution in [0, 0.1) is 11.8 Å².